The van der Waals surface area contributed by atoms with Crippen LogP contribution in [0.2, 0.25) is 0 Å². The third-order valence-corrected chi connectivity index (χ3v) is 4.93. The van der Waals surface area contributed by atoms with Crippen LogP contribution in [0, 0.1) is 0 Å². The molecule has 5 heteroatoms. The molecule has 0 aromatic heterocycles. The molecule has 0 saturated heterocycles. The van der Waals surface area contributed by atoms with Crippen LogP contribution in [-0.2, 0) is 0 Å². The summed E-state index contributed by atoms with van der Waals surface area (Å²) in [6.45, 7) is 0. The van der Waals surface area contributed by atoms with Crippen molar-refractivity contribution in [2.45, 2.75) is 0 Å². The first-order valence-electron chi connectivity index (χ1n) is 10.0. The maximum atomic E-state index is 12.7. The third kappa shape index (κ3) is 5.58. The molecule has 0 N–H and O–H groups in total. The van der Waals surface area contributed by atoms with Crippen LogP contribution in [0.5, 0.6) is 23.0 Å². The number of hydrogen-bond donors (Lipinski definition) is 0. The molecule has 0 unspecified atom stereocenters. The second-order valence-electron chi connectivity index (χ2n) is 6.87. The number of carbonyl (C=O) groups is 1. The molecule has 0 saturated carbocycles. The van der Waals surface area contributed by atoms with Gasteiger partial charge in [0.05, 0.1) is 28.4 Å². The fraction of sp³-hybridized carbons (Fsp3) is 0.148. The highest BCUT2D eigenvalue weighted by atomic mass is 16.5. The molecule has 0 aliphatic carbocycles. The van der Waals surface area contributed by atoms with Crippen molar-refractivity contribution in [3.63, 3.8) is 0 Å². The van der Waals surface area contributed by atoms with Crippen LogP contribution < -0.4 is 18.9 Å². The molecule has 0 aliphatic rings. The first-order chi connectivity index (χ1) is 15.6. The Labute approximate surface area is 188 Å². The molecule has 3 aromatic rings. The molecular formula is C27H26O5. The van der Waals surface area contributed by atoms with Crippen molar-refractivity contribution < 1.29 is 23.7 Å². The Kier molecular flexibility index (Phi) is 7.70. The maximum absolute atomic E-state index is 12.7. The van der Waals surface area contributed by atoms with Crippen LogP contribution in [0.4, 0.5) is 0 Å². The number of rotatable bonds is 9. The average Bonchev–Trinajstić information content (AvgIpc) is 2.86. The largest absolute Gasteiger partial charge is 0.497 e. The first-order valence-corrected chi connectivity index (χ1v) is 10.0. The quantitative estimate of drug-likeness (QED) is 0.244. The van der Waals surface area contributed by atoms with Gasteiger partial charge in [-0.1, -0.05) is 36.4 Å². The summed E-state index contributed by atoms with van der Waals surface area (Å²) in [5.74, 6) is 2.56. The molecule has 164 valence electrons. The lowest BCUT2D eigenvalue weighted by molar-refractivity contribution is 0.104. The molecule has 0 amide bonds. The Bertz CT molecular complexity index is 1130. The second kappa shape index (κ2) is 10.9. The van der Waals surface area contributed by atoms with E-state index >= 15 is 0 Å². The van der Waals surface area contributed by atoms with E-state index in [9.17, 15) is 4.79 Å². The van der Waals surface area contributed by atoms with Gasteiger partial charge in [-0.05, 0) is 53.6 Å². The highest BCUT2D eigenvalue weighted by molar-refractivity contribution is 6.07. The highest BCUT2D eigenvalue weighted by Crippen LogP contribution is 2.31. The smallest absolute Gasteiger partial charge is 0.185 e. The Hall–Kier alpha value is -3.99. The van der Waals surface area contributed by atoms with Crippen molar-refractivity contribution in [3.05, 3.63) is 89.0 Å². The van der Waals surface area contributed by atoms with E-state index in [2.05, 4.69) is 0 Å². The molecule has 0 aliphatic heterocycles. The predicted octanol–water partition coefficient (Wildman–Crippen LogP) is 5.79. The number of carbonyl (C=O) groups excluding carboxylic acids is 1. The van der Waals surface area contributed by atoms with E-state index in [0.29, 0.717) is 22.8 Å². The van der Waals surface area contributed by atoms with Gasteiger partial charge in [-0.15, -0.1) is 0 Å². The fourth-order valence-corrected chi connectivity index (χ4v) is 3.16. The number of hydrogen-bond acceptors (Lipinski definition) is 5. The van der Waals surface area contributed by atoms with Crippen LogP contribution in [-0.4, -0.2) is 34.2 Å². The predicted molar refractivity (Wildman–Crippen MR) is 128 cm³/mol. The lowest BCUT2D eigenvalue weighted by atomic mass is 10.0. The number of ketones is 1. The van der Waals surface area contributed by atoms with E-state index in [4.69, 9.17) is 18.9 Å². The van der Waals surface area contributed by atoms with Crippen LogP contribution in [0.25, 0.3) is 18.2 Å². The number of ether oxygens (including phenoxy) is 4. The van der Waals surface area contributed by atoms with Gasteiger partial charge in [0, 0.05) is 17.2 Å². The van der Waals surface area contributed by atoms with E-state index in [0.717, 1.165) is 22.4 Å². The summed E-state index contributed by atoms with van der Waals surface area (Å²) < 4.78 is 21.4. The Balaban J connectivity index is 1.96. The summed E-state index contributed by atoms with van der Waals surface area (Å²) in [6, 6.07) is 18.5. The minimum absolute atomic E-state index is 0.133. The van der Waals surface area contributed by atoms with E-state index < -0.39 is 0 Å². The monoisotopic (exact) mass is 430 g/mol. The fourth-order valence-electron chi connectivity index (χ4n) is 3.16. The molecular weight excluding hydrogens is 404 g/mol. The number of allylic oxidation sites excluding steroid dienone is 1. The van der Waals surface area contributed by atoms with Gasteiger partial charge in [-0.2, -0.15) is 0 Å². The van der Waals surface area contributed by atoms with Crippen molar-refractivity contribution >= 4 is 24.0 Å². The van der Waals surface area contributed by atoms with E-state index in [-0.39, 0.29) is 5.78 Å². The van der Waals surface area contributed by atoms with Gasteiger partial charge in [0.15, 0.2) is 5.78 Å². The van der Waals surface area contributed by atoms with Gasteiger partial charge >= 0.3 is 0 Å². The van der Waals surface area contributed by atoms with Crippen molar-refractivity contribution in [2.75, 3.05) is 28.4 Å². The molecule has 0 fully saturated rings. The molecule has 0 atom stereocenters. The molecule has 32 heavy (non-hydrogen) atoms. The van der Waals surface area contributed by atoms with Gasteiger partial charge in [-0.3, -0.25) is 4.79 Å². The standard InChI is InChI=1S/C27H26O5/c1-29-22-12-9-19(10-13-22)8-11-20-16-24(31-3)18-27(32-4)25(20)14-15-26(28)21-6-5-7-23(17-21)30-2/h5-18H,1-4H3/b11-8+,15-14+. The lowest BCUT2D eigenvalue weighted by Gasteiger charge is -2.11. The second-order valence-corrected chi connectivity index (χ2v) is 6.87. The van der Waals surface area contributed by atoms with E-state index in [1.54, 1.807) is 64.8 Å². The molecule has 0 bridgehead atoms. The van der Waals surface area contributed by atoms with Gasteiger partial charge in [0.2, 0.25) is 0 Å². The SMILES string of the molecule is COc1ccc(/C=C/c2cc(OC)cc(OC)c2/C=C/C(=O)c2cccc(OC)c2)cc1. The van der Waals surface area contributed by atoms with Gasteiger partial charge in [0.1, 0.15) is 23.0 Å². The Morgan fingerprint density at radius 3 is 2.06 bits per heavy atom. The topological polar surface area (TPSA) is 54.0 Å². The zero-order valence-electron chi connectivity index (χ0n) is 18.6. The van der Waals surface area contributed by atoms with Crippen LogP contribution in [0.3, 0.4) is 0 Å². The molecule has 0 heterocycles. The zero-order chi connectivity index (χ0) is 22.9. The highest BCUT2D eigenvalue weighted by Gasteiger charge is 2.10. The van der Waals surface area contributed by atoms with Crippen LogP contribution in [0.1, 0.15) is 27.0 Å². The summed E-state index contributed by atoms with van der Waals surface area (Å²) in [6.07, 6.45) is 7.23. The van der Waals surface area contributed by atoms with Crippen LogP contribution in [0.15, 0.2) is 66.7 Å². The zero-order valence-corrected chi connectivity index (χ0v) is 18.6. The minimum Gasteiger partial charge on any atom is -0.497 e. The number of methoxy groups -OCH3 is 4. The van der Waals surface area contributed by atoms with Crippen molar-refractivity contribution in [2.24, 2.45) is 0 Å². The lowest BCUT2D eigenvalue weighted by Crippen LogP contribution is -1.97. The summed E-state index contributed by atoms with van der Waals surface area (Å²) in [4.78, 5) is 12.7. The van der Waals surface area contributed by atoms with Crippen molar-refractivity contribution in [1.29, 1.82) is 0 Å². The molecule has 5 nitrogen and oxygen atoms in total. The van der Waals surface area contributed by atoms with Gasteiger partial charge < -0.3 is 18.9 Å². The van der Waals surface area contributed by atoms with Crippen molar-refractivity contribution in [1.82, 2.24) is 0 Å². The van der Waals surface area contributed by atoms with Gasteiger partial charge in [-0.25, -0.2) is 0 Å². The first kappa shape index (κ1) is 22.7. The van der Waals surface area contributed by atoms with Crippen LogP contribution >= 0.6 is 0 Å². The van der Waals surface area contributed by atoms with Gasteiger partial charge in [0.25, 0.3) is 0 Å². The Morgan fingerprint density at radius 1 is 0.688 bits per heavy atom. The molecule has 3 rings (SSSR count). The molecule has 3 aromatic carbocycles. The summed E-state index contributed by atoms with van der Waals surface area (Å²) in [5.41, 5.74) is 3.18. The third-order valence-electron chi connectivity index (χ3n) is 4.93. The van der Waals surface area contributed by atoms with E-state index in [1.807, 2.05) is 42.5 Å². The Morgan fingerprint density at radius 2 is 1.41 bits per heavy atom. The summed E-state index contributed by atoms with van der Waals surface area (Å²) >= 11 is 0. The number of benzene rings is 3. The summed E-state index contributed by atoms with van der Waals surface area (Å²) in [7, 11) is 6.41. The van der Waals surface area contributed by atoms with E-state index in [1.165, 1.54) is 6.08 Å². The minimum atomic E-state index is -0.133. The maximum Gasteiger partial charge on any atom is 0.185 e. The normalized spacial score (nSPS) is 11.0. The molecule has 0 radical (unpaired) electrons. The summed E-state index contributed by atoms with van der Waals surface area (Å²) in [5, 5.41) is 0. The average molecular weight is 431 g/mol. The van der Waals surface area contributed by atoms with Crippen molar-refractivity contribution in [3.8, 4) is 23.0 Å². The molecule has 0 spiro atoms.